The molecule has 0 aliphatic rings. The summed E-state index contributed by atoms with van der Waals surface area (Å²) < 4.78 is 12.8. The highest BCUT2D eigenvalue weighted by Gasteiger charge is 2.27. The van der Waals surface area contributed by atoms with E-state index in [9.17, 15) is 4.79 Å². The molecule has 5 rings (SSSR count). The summed E-state index contributed by atoms with van der Waals surface area (Å²) in [5, 5.41) is 9.30. The fourth-order valence-electron chi connectivity index (χ4n) is 3.49. The van der Waals surface area contributed by atoms with Crippen LogP contribution in [-0.4, -0.2) is 37.6 Å². The Morgan fingerprint density at radius 1 is 1.06 bits per heavy atom. The molecule has 0 aliphatic carbocycles. The quantitative estimate of drug-likeness (QED) is 0.313. The third-order valence-electron chi connectivity index (χ3n) is 5.06. The summed E-state index contributed by atoms with van der Waals surface area (Å²) in [7, 11) is 1.55. The van der Waals surface area contributed by atoms with Gasteiger partial charge in [-0.1, -0.05) is 35.3 Å². The monoisotopic (exact) mass is 479 g/mol. The SMILES string of the molecule is COc1ccc2c(c1)c(C(=O)c1nnc(-c3ncccn3)o1)c(Cl)n2Cc1ccc(Cl)cc1. The van der Waals surface area contributed by atoms with Crippen molar-refractivity contribution >= 4 is 39.9 Å². The van der Waals surface area contributed by atoms with Crippen molar-refractivity contribution in [3.05, 3.63) is 88.1 Å². The molecule has 0 spiro atoms. The second-order valence-electron chi connectivity index (χ2n) is 7.08. The molecule has 3 heterocycles. The van der Waals surface area contributed by atoms with E-state index in [1.165, 1.54) is 0 Å². The van der Waals surface area contributed by atoms with Crippen LogP contribution in [0.15, 0.2) is 65.3 Å². The van der Waals surface area contributed by atoms with E-state index in [0.717, 1.165) is 11.1 Å². The largest absolute Gasteiger partial charge is 0.497 e. The number of methoxy groups -OCH3 is 1. The van der Waals surface area contributed by atoms with Gasteiger partial charge in [-0.05, 0) is 42.0 Å². The van der Waals surface area contributed by atoms with Crippen molar-refractivity contribution in [1.82, 2.24) is 24.7 Å². The van der Waals surface area contributed by atoms with Crippen molar-refractivity contribution in [2.45, 2.75) is 6.54 Å². The number of nitrogens with zero attached hydrogens (tertiary/aromatic N) is 5. The predicted molar refractivity (Wildman–Crippen MR) is 123 cm³/mol. The molecule has 0 N–H and O–H groups in total. The van der Waals surface area contributed by atoms with E-state index in [0.29, 0.717) is 22.7 Å². The zero-order chi connectivity index (χ0) is 22.9. The van der Waals surface area contributed by atoms with Crippen LogP contribution in [0.1, 0.15) is 21.8 Å². The van der Waals surface area contributed by atoms with Crippen LogP contribution in [0.4, 0.5) is 0 Å². The Kier molecular flexibility index (Phi) is 5.53. The zero-order valence-corrected chi connectivity index (χ0v) is 18.7. The molecule has 0 saturated carbocycles. The van der Waals surface area contributed by atoms with E-state index < -0.39 is 5.78 Å². The maximum Gasteiger partial charge on any atom is 0.289 e. The van der Waals surface area contributed by atoms with Crippen molar-refractivity contribution in [2.24, 2.45) is 0 Å². The molecule has 0 atom stereocenters. The van der Waals surface area contributed by atoms with E-state index in [-0.39, 0.29) is 28.3 Å². The lowest BCUT2D eigenvalue weighted by atomic mass is 10.1. The molecule has 33 heavy (non-hydrogen) atoms. The smallest absolute Gasteiger partial charge is 0.289 e. The van der Waals surface area contributed by atoms with Gasteiger partial charge in [0.15, 0.2) is 0 Å². The molecule has 164 valence electrons. The number of fused-ring (bicyclic) bond motifs is 1. The van der Waals surface area contributed by atoms with E-state index >= 15 is 0 Å². The highest BCUT2D eigenvalue weighted by atomic mass is 35.5. The van der Waals surface area contributed by atoms with Crippen LogP contribution in [0.5, 0.6) is 5.75 Å². The highest BCUT2D eigenvalue weighted by Crippen LogP contribution is 2.35. The molecule has 10 heteroatoms. The van der Waals surface area contributed by atoms with Gasteiger partial charge in [0, 0.05) is 29.3 Å². The summed E-state index contributed by atoms with van der Waals surface area (Å²) in [6.45, 7) is 0.430. The molecule has 5 aromatic rings. The molecule has 8 nitrogen and oxygen atoms in total. The Morgan fingerprint density at radius 3 is 2.55 bits per heavy atom. The van der Waals surface area contributed by atoms with Gasteiger partial charge in [0.1, 0.15) is 10.9 Å². The molecule has 0 radical (unpaired) electrons. The van der Waals surface area contributed by atoms with Gasteiger partial charge in [-0.2, -0.15) is 0 Å². The van der Waals surface area contributed by atoms with Gasteiger partial charge in [-0.3, -0.25) is 4.79 Å². The molecule has 0 aliphatic heterocycles. The second-order valence-corrected chi connectivity index (χ2v) is 7.87. The zero-order valence-electron chi connectivity index (χ0n) is 17.2. The van der Waals surface area contributed by atoms with Crippen molar-refractivity contribution in [1.29, 1.82) is 0 Å². The van der Waals surface area contributed by atoms with Gasteiger partial charge in [-0.25, -0.2) is 9.97 Å². The lowest BCUT2D eigenvalue weighted by Gasteiger charge is -2.08. The lowest BCUT2D eigenvalue weighted by Crippen LogP contribution is -2.04. The van der Waals surface area contributed by atoms with Crippen LogP contribution in [0.3, 0.4) is 0 Å². The summed E-state index contributed by atoms with van der Waals surface area (Å²) in [5.41, 5.74) is 1.96. The lowest BCUT2D eigenvalue weighted by molar-refractivity contribution is 0.100. The Morgan fingerprint density at radius 2 is 1.82 bits per heavy atom. The molecule has 0 fully saturated rings. The number of rotatable bonds is 6. The number of hydrogen-bond donors (Lipinski definition) is 0. The minimum atomic E-state index is -0.511. The van der Waals surface area contributed by atoms with E-state index in [1.807, 2.05) is 28.8 Å². The Balaban J connectivity index is 1.61. The first-order valence-electron chi connectivity index (χ1n) is 9.81. The van der Waals surface area contributed by atoms with Crippen LogP contribution >= 0.6 is 23.2 Å². The van der Waals surface area contributed by atoms with Gasteiger partial charge < -0.3 is 13.7 Å². The first kappa shape index (κ1) is 21.1. The van der Waals surface area contributed by atoms with Crippen LogP contribution in [0, 0.1) is 0 Å². The highest BCUT2D eigenvalue weighted by molar-refractivity contribution is 6.36. The fourth-order valence-corrected chi connectivity index (χ4v) is 3.96. The molecule has 3 aromatic heterocycles. The van der Waals surface area contributed by atoms with Crippen LogP contribution in [0.25, 0.3) is 22.6 Å². The van der Waals surface area contributed by atoms with Crippen molar-refractivity contribution in [3.8, 4) is 17.5 Å². The summed E-state index contributed by atoms with van der Waals surface area (Å²) in [6, 6.07) is 14.5. The maximum atomic E-state index is 13.4. The summed E-state index contributed by atoms with van der Waals surface area (Å²) >= 11 is 12.8. The van der Waals surface area contributed by atoms with E-state index in [2.05, 4.69) is 20.2 Å². The van der Waals surface area contributed by atoms with Gasteiger partial charge in [-0.15, -0.1) is 10.2 Å². The number of halogens is 2. The van der Waals surface area contributed by atoms with Gasteiger partial charge in [0.25, 0.3) is 17.6 Å². The number of carbonyl (C=O) groups is 1. The third-order valence-corrected chi connectivity index (χ3v) is 5.71. The number of aromatic nitrogens is 5. The topological polar surface area (TPSA) is 95.9 Å². The molecular weight excluding hydrogens is 465 g/mol. The average Bonchev–Trinajstić information content (AvgIpc) is 3.44. The average molecular weight is 480 g/mol. The number of ether oxygens (including phenoxy) is 1. The Labute approximate surface area is 197 Å². The van der Waals surface area contributed by atoms with E-state index in [4.69, 9.17) is 32.4 Å². The molecule has 0 amide bonds. The number of carbonyl (C=O) groups excluding carboxylic acids is 1. The van der Waals surface area contributed by atoms with Crippen LogP contribution in [0.2, 0.25) is 10.2 Å². The second kappa shape index (κ2) is 8.65. The predicted octanol–water partition coefficient (Wildman–Crippen LogP) is 5.08. The molecule has 0 saturated heterocycles. The Hall–Kier alpha value is -3.75. The molecule has 0 bridgehead atoms. The van der Waals surface area contributed by atoms with Gasteiger partial charge in [0.05, 0.1) is 18.2 Å². The first-order chi connectivity index (χ1) is 16.0. The standard InChI is InChI=1S/C23H15Cl2N5O3/c1-32-15-7-8-17-16(11-15)18(20(25)30(17)12-13-3-5-14(24)6-4-13)19(31)22-28-29-23(33-22)21-26-9-2-10-27-21/h2-11H,12H2,1H3. The van der Waals surface area contributed by atoms with Crippen molar-refractivity contribution in [3.63, 3.8) is 0 Å². The molecular formula is C23H15Cl2N5O3. The van der Waals surface area contributed by atoms with Crippen molar-refractivity contribution in [2.75, 3.05) is 7.11 Å². The van der Waals surface area contributed by atoms with E-state index in [1.54, 1.807) is 43.8 Å². The van der Waals surface area contributed by atoms with Gasteiger partial charge in [0.2, 0.25) is 5.82 Å². The summed E-state index contributed by atoms with van der Waals surface area (Å²) in [4.78, 5) is 21.6. The number of hydrogen-bond acceptors (Lipinski definition) is 7. The number of ketones is 1. The summed E-state index contributed by atoms with van der Waals surface area (Å²) in [5.74, 6) is 0.121. The first-order valence-corrected chi connectivity index (χ1v) is 10.6. The Bertz CT molecular complexity index is 1460. The normalized spacial score (nSPS) is 11.1. The summed E-state index contributed by atoms with van der Waals surface area (Å²) in [6.07, 6.45) is 3.09. The number of benzene rings is 2. The van der Waals surface area contributed by atoms with Crippen molar-refractivity contribution < 1.29 is 13.9 Å². The van der Waals surface area contributed by atoms with Crippen LogP contribution < -0.4 is 4.74 Å². The molecule has 0 unspecified atom stereocenters. The minimum Gasteiger partial charge on any atom is -0.497 e. The molecule has 2 aromatic carbocycles. The fraction of sp³-hybridized carbons (Fsp3) is 0.0870. The maximum absolute atomic E-state index is 13.4. The minimum absolute atomic E-state index is 0.0394. The third kappa shape index (κ3) is 3.94. The van der Waals surface area contributed by atoms with Gasteiger partial charge >= 0.3 is 0 Å². The van der Waals surface area contributed by atoms with Crippen LogP contribution in [-0.2, 0) is 6.54 Å².